The average molecular weight is 397 g/mol. The van der Waals surface area contributed by atoms with Crippen LogP contribution in [0.3, 0.4) is 0 Å². The molecule has 164 valence electrons. The van der Waals surface area contributed by atoms with Crippen LogP contribution < -0.4 is 0 Å². The van der Waals surface area contributed by atoms with E-state index in [9.17, 15) is 9.59 Å². The predicted molar refractivity (Wildman–Crippen MR) is 118 cm³/mol. The van der Waals surface area contributed by atoms with Gasteiger partial charge in [0.05, 0.1) is 0 Å². The molecule has 0 unspecified atom stereocenters. The van der Waals surface area contributed by atoms with E-state index in [1.165, 1.54) is 77.0 Å². The van der Waals surface area contributed by atoms with Crippen molar-refractivity contribution in [1.29, 1.82) is 0 Å². The molecular formula is C24H44O4. The molecule has 0 spiro atoms. The number of hydrogen-bond donors (Lipinski definition) is 0. The predicted octanol–water partition coefficient (Wildman–Crippen LogP) is 6.93. The largest absolute Gasteiger partial charge is 0.459 e. The Hall–Kier alpha value is -1.58. The minimum Gasteiger partial charge on any atom is -0.459 e. The highest BCUT2D eigenvalue weighted by molar-refractivity contribution is 5.87. The van der Waals surface area contributed by atoms with Crippen LogP contribution in [-0.2, 0) is 19.1 Å². The van der Waals surface area contributed by atoms with Gasteiger partial charge < -0.3 is 9.47 Å². The van der Waals surface area contributed by atoms with Crippen LogP contribution in [0.5, 0.6) is 0 Å². The molecule has 4 nitrogen and oxygen atoms in total. The lowest BCUT2D eigenvalue weighted by Gasteiger charge is -2.05. The van der Waals surface area contributed by atoms with Crippen LogP contribution in [0.1, 0.15) is 105 Å². The molecule has 0 aromatic heterocycles. The maximum absolute atomic E-state index is 10.8. The van der Waals surface area contributed by atoms with E-state index in [2.05, 4.69) is 36.5 Å². The zero-order chi connectivity index (χ0) is 21.6. The zero-order valence-corrected chi connectivity index (χ0v) is 18.9. The summed E-state index contributed by atoms with van der Waals surface area (Å²) in [6.45, 7) is 14.5. The van der Waals surface area contributed by atoms with E-state index in [1.54, 1.807) is 13.8 Å². The summed E-state index contributed by atoms with van der Waals surface area (Å²) >= 11 is 0. The molecule has 0 saturated carbocycles. The minimum atomic E-state index is -0.489. The van der Waals surface area contributed by atoms with Crippen LogP contribution in [0.25, 0.3) is 0 Å². The first-order valence-corrected chi connectivity index (χ1v) is 11.0. The third-order valence-corrected chi connectivity index (χ3v) is 4.20. The fraction of sp³-hybridized carbons (Fsp3) is 0.750. The summed E-state index contributed by atoms with van der Waals surface area (Å²) in [6, 6.07) is 0. The normalized spacial score (nSPS) is 9.86. The van der Waals surface area contributed by atoms with Gasteiger partial charge in [-0.2, -0.15) is 0 Å². The van der Waals surface area contributed by atoms with Gasteiger partial charge >= 0.3 is 11.9 Å². The van der Waals surface area contributed by atoms with Crippen LogP contribution in [0.2, 0.25) is 0 Å². The second-order valence-electron chi connectivity index (χ2n) is 7.37. The quantitative estimate of drug-likeness (QED) is 0.161. The average Bonchev–Trinajstić information content (AvgIpc) is 2.66. The molecule has 0 amide bonds. The first-order chi connectivity index (χ1) is 13.4. The van der Waals surface area contributed by atoms with E-state index in [-0.39, 0.29) is 13.2 Å². The summed E-state index contributed by atoms with van der Waals surface area (Å²) < 4.78 is 9.38. The third-order valence-electron chi connectivity index (χ3n) is 4.20. The molecule has 0 aliphatic heterocycles. The van der Waals surface area contributed by atoms with Gasteiger partial charge in [-0.3, -0.25) is 0 Å². The Morgan fingerprint density at radius 1 is 0.571 bits per heavy atom. The maximum Gasteiger partial charge on any atom is 0.333 e. The molecule has 28 heavy (non-hydrogen) atoms. The molecule has 0 radical (unpaired) electrons. The van der Waals surface area contributed by atoms with Crippen molar-refractivity contribution >= 4 is 11.9 Å². The molecule has 0 aliphatic carbocycles. The third kappa shape index (κ3) is 22.5. The summed E-state index contributed by atoms with van der Waals surface area (Å²) in [4.78, 5) is 21.7. The van der Waals surface area contributed by atoms with Gasteiger partial charge in [0.2, 0.25) is 0 Å². The van der Waals surface area contributed by atoms with Gasteiger partial charge in [-0.25, -0.2) is 9.59 Å². The molecule has 0 N–H and O–H groups in total. The molecule has 0 aromatic rings. The van der Waals surface area contributed by atoms with Crippen molar-refractivity contribution < 1.29 is 19.1 Å². The SMILES string of the molecule is C=C(C)C(=O)OCCOC(=O)C(=C)C.CCCCCCCCCCCCCC. The van der Waals surface area contributed by atoms with Crippen LogP contribution in [-0.4, -0.2) is 25.2 Å². The molecular weight excluding hydrogens is 352 g/mol. The second kappa shape index (κ2) is 21.7. The standard InChI is InChI=1S/C14H30.C10H14O4/c1-3-5-7-9-11-13-14-12-10-8-6-4-2;1-7(2)9(11)13-5-6-14-10(12)8(3)4/h3-14H2,1-2H3;1,3,5-6H2,2,4H3. The van der Waals surface area contributed by atoms with Crippen LogP contribution in [0, 0.1) is 0 Å². The van der Waals surface area contributed by atoms with Crippen molar-refractivity contribution in [2.45, 2.75) is 105 Å². The molecule has 0 rings (SSSR count). The Morgan fingerprint density at radius 2 is 0.821 bits per heavy atom. The molecule has 0 saturated heterocycles. The monoisotopic (exact) mass is 396 g/mol. The summed E-state index contributed by atoms with van der Waals surface area (Å²) in [7, 11) is 0. The number of hydrogen-bond acceptors (Lipinski definition) is 4. The van der Waals surface area contributed by atoms with Crippen molar-refractivity contribution in [3.05, 3.63) is 24.3 Å². The number of esters is 2. The van der Waals surface area contributed by atoms with E-state index in [0.717, 1.165) is 0 Å². The van der Waals surface area contributed by atoms with Crippen LogP contribution in [0.15, 0.2) is 24.3 Å². The highest BCUT2D eigenvalue weighted by atomic mass is 16.6. The first kappa shape index (κ1) is 28.6. The van der Waals surface area contributed by atoms with E-state index in [4.69, 9.17) is 0 Å². The fourth-order valence-electron chi connectivity index (χ4n) is 2.43. The summed E-state index contributed by atoms with van der Waals surface area (Å²) in [5, 5.41) is 0. The lowest BCUT2D eigenvalue weighted by Crippen LogP contribution is -2.14. The summed E-state index contributed by atoms with van der Waals surface area (Å²) in [5.74, 6) is -0.979. The molecule has 0 aromatic carbocycles. The van der Waals surface area contributed by atoms with E-state index < -0.39 is 11.9 Å². The highest BCUT2D eigenvalue weighted by Gasteiger charge is 2.05. The zero-order valence-electron chi connectivity index (χ0n) is 18.9. The number of carbonyl (C=O) groups is 2. The Kier molecular flexibility index (Phi) is 22.2. The maximum atomic E-state index is 10.8. The van der Waals surface area contributed by atoms with Crippen molar-refractivity contribution in [3.8, 4) is 0 Å². The Balaban J connectivity index is 0. The summed E-state index contributed by atoms with van der Waals surface area (Å²) in [6.07, 6.45) is 17.4. The molecule has 0 fully saturated rings. The van der Waals surface area contributed by atoms with Crippen molar-refractivity contribution in [2.24, 2.45) is 0 Å². The van der Waals surface area contributed by atoms with Crippen molar-refractivity contribution in [2.75, 3.05) is 13.2 Å². The number of ether oxygens (including phenoxy) is 2. The minimum absolute atomic E-state index is 0.0325. The van der Waals surface area contributed by atoms with Gasteiger partial charge in [-0.1, -0.05) is 104 Å². The van der Waals surface area contributed by atoms with Crippen LogP contribution in [0.4, 0.5) is 0 Å². The first-order valence-electron chi connectivity index (χ1n) is 11.0. The van der Waals surface area contributed by atoms with E-state index in [1.807, 2.05) is 0 Å². The lowest BCUT2D eigenvalue weighted by atomic mass is 10.1. The number of rotatable bonds is 16. The fourth-order valence-corrected chi connectivity index (χ4v) is 2.43. The highest BCUT2D eigenvalue weighted by Crippen LogP contribution is 2.11. The van der Waals surface area contributed by atoms with Gasteiger partial charge in [0.25, 0.3) is 0 Å². The Labute approximate surface area is 173 Å². The van der Waals surface area contributed by atoms with Gasteiger partial charge in [0.1, 0.15) is 13.2 Å². The number of unbranched alkanes of at least 4 members (excludes halogenated alkanes) is 11. The van der Waals surface area contributed by atoms with Crippen molar-refractivity contribution in [1.82, 2.24) is 0 Å². The number of carbonyl (C=O) groups excluding carboxylic acids is 2. The Morgan fingerprint density at radius 3 is 1.04 bits per heavy atom. The van der Waals surface area contributed by atoms with Crippen molar-refractivity contribution in [3.63, 3.8) is 0 Å². The topological polar surface area (TPSA) is 52.6 Å². The molecule has 0 atom stereocenters. The molecule has 0 heterocycles. The van der Waals surface area contributed by atoms with Gasteiger partial charge in [0, 0.05) is 11.1 Å². The summed E-state index contributed by atoms with van der Waals surface area (Å²) in [5.41, 5.74) is 0.632. The van der Waals surface area contributed by atoms with Gasteiger partial charge in [0.15, 0.2) is 0 Å². The lowest BCUT2D eigenvalue weighted by molar-refractivity contribution is -0.147. The van der Waals surface area contributed by atoms with E-state index in [0.29, 0.717) is 11.1 Å². The van der Waals surface area contributed by atoms with Gasteiger partial charge in [-0.05, 0) is 13.8 Å². The van der Waals surface area contributed by atoms with E-state index >= 15 is 0 Å². The molecule has 4 heteroatoms. The van der Waals surface area contributed by atoms with Gasteiger partial charge in [-0.15, -0.1) is 0 Å². The van der Waals surface area contributed by atoms with Crippen LogP contribution >= 0.6 is 0 Å². The smallest absolute Gasteiger partial charge is 0.333 e. The molecule has 0 aliphatic rings. The second-order valence-corrected chi connectivity index (χ2v) is 7.37. The molecule has 0 bridgehead atoms. The Bertz CT molecular complexity index is 386.